The third kappa shape index (κ3) is 8.99. The van der Waals surface area contributed by atoms with Crippen LogP contribution in [0.25, 0.3) is 0 Å². The molecule has 1 aromatic rings. The van der Waals surface area contributed by atoms with E-state index in [-0.39, 0.29) is 32.5 Å². The molecule has 1 N–H and O–H groups in total. The molecular formula is C17H25NO6. The van der Waals surface area contributed by atoms with Crippen molar-refractivity contribution in [2.24, 2.45) is 0 Å². The highest BCUT2D eigenvalue weighted by atomic mass is 16.7. The first-order valence-electron chi connectivity index (χ1n) is 8.02. The largest absolute Gasteiger partial charge is 0.508 e. The van der Waals surface area contributed by atoms with Crippen molar-refractivity contribution in [1.29, 1.82) is 0 Å². The number of carbonyl (C=O) groups is 2. The molecule has 0 unspecified atom stereocenters. The van der Waals surface area contributed by atoms with E-state index >= 15 is 0 Å². The zero-order valence-corrected chi connectivity index (χ0v) is 14.2. The highest BCUT2D eigenvalue weighted by molar-refractivity contribution is 5.60. The Hall–Kier alpha value is -2.28. The predicted molar refractivity (Wildman–Crippen MR) is 87.9 cm³/mol. The van der Waals surface area contributed by atoms with E-state index in [1.807, 2.05) is 30.3 Å². The van der Waals surface area contributed by atoms with E-state index in [2.05, 4.69) is 5.32 Å². The fourth-order valence-corrected chi connectivity index (χ4v) is 1.89. The van der Waals surface area contributed by atoms with Gasteiger partial charge in [-0.05, 0) is 32.4 Å². The summed E-state index contributed by atoms with van der Waals surface area (Å²) >= 11 is 0. The van der Waals surface area contributed by atoms with Gasteiger partial charge in [-0.25, -0.2) is 9.59 Å². The molecule has 0 bridgehead atoms. The Bertz CT molecular complexity index is 457. The molecule has 0 aliphatic carbocycles. The quantitative estimate of drug-likeness (QED) is 0.656. The highest BCUT2D eigenvalue weighted by Gasteiger charge is 2.15. The molecule has 0 heterocycles. The lowest BCUT2D eigenvalue weighted by atomic mass is 10.1. The Morgan fingerprint density at radius 1 is 0.917 bits per heavy atom. The topological polar surface area (TPSA) is 83.1 Å². The molecule has 24 heavy (non-hydrogen) atoms. The lowest BCUT2D eigenvalue weighted by Gasteiger charge is -2.18. The number of hydrogen-bond donors (Lipinski definition) is 1. The van der Waals surface area contributed by atoms with Crippen LogP contribution >= 0.6 is 0 Å². The van der Waals surface area contributed by atoms with Crippen LogP contribution in [-0.2, 0) is 25.4 Å². The summed E-state index contributed by atoms with van der Waals surface area (Å²) in [5.74, 6) is 0. The van der Waals surface area contributed by atoms with E-state index < -0.39 is 12.3 Å². The number of ether oxygens (including phenoxy) is 4. The van der Waals surface area contributed by atoms with Gasteiger partial charge in [0.15, 0.2) is 0 Å². The van der Waals surface area contributed by atoms with Gasteiger partial charge in [0.05, 0.1) is 19.3 Å². The molecule has 0 saturated heterocycles. The zero-order chi connectivity index (χ0) is 17.6. The molecule has 0 aliphatic rings. The second-order valence-electron chi connectivity index (χ2n) is 4.87. The molecule has 1 rings (SSSR count). The SMILES string of the molecule is CCOC(=O)OCC(COC(=O)OCC)NCCc1ccccc1. The maximum absolute atomic E-state index is 11.3. The van der Waals surface area contributed by atoms with Crippen LogP contribution in [-0.4, -0.2) is 51.3 Å². The monoisotopic (exact) mass is 339 g/mol. The van der Waals surface area contributed by atoms with Crippen LogP contribution in [0.1, 0.15) is 19.4 Å². The van der Waals surface area contributed by atoms with Crippen LogP contribution in [0, 0.1) is 0 Å². The van der Waals surface area contributed by atoms with Crippen molar-refractivity contribution in [3.8, 4) is 0 Å². The van der Waals surface area contributed by atoms with Gasteiger partial charge >= 0.3 is 12.3 Å². The van der Waals surface area contributed by atoms with Gasteiger partial charge in [0.1, 0.15) is 13.2 Å². The van der Waals surface area contributed by atoms with Crippen LogP contribution in [0.4, 0.5) is 9.59 Å². The van der Waals surface area contributed by atoms with Gasteiger partial charge < -0.3 is 24.3 Å². The fraction of sp³-hybridized carbons (Fsp3) is 0.529. The Balaban J connectivity index is 2.40. The number of hydrogen-bond acceptors (Lipinski definition) is 7. The lowest BCUT2D eigenvalue weighted by Crippen LogP contribution is -2.40. The molecule has 0 aliphatic heterocycles. The average molecular weight is 339 g/mol. The third-order valence-electron chi connectivity index (χ3n) is 3.02. The van der Waals surface area contributed by atoms with Crippen LogP contribution in [0.15, 0.2) is 30.3 Å². The Labute approximate surface area is 142 Å². The summed E-state index contributed by atoms with van der Waals surface area (Å²) in [7, 11) is 0. The molecular weight excluding hydrogens is 314 g/mol. The van der Waals surface area contributed by atoms with Gasteiger partial charge in [0, 0.05) is 0 Å². The van der Waals surface area contributed by atoms with Crippen LogP contribution in [0.2, 0.25) is 0 Å². The van der Waals surface area contributed by atoms with Gasteiger partial charge in [-0.1, -0.05) is 30.3 Å². The first-order chi connectivity index (χ1) is 11.7. The fourth-order valence-electron chi connectivity index (χ4n) is 1.89. The van der Waals surface area contributed by atoms with E-state index in [0.29, 0.717) is 6.54 Å². The maximum atomic E-state index is 11.3. The minimum Gasteiger partial charge on any atom is -0.435 e. The van der Waals surface area contributed by atoms with Crippen molar-refractivity contribution in [1.82, 2.24) is 5.32 Å². The van der Waals surface area contributed by atoms with Gasteiger partial charge in [0.2, 0.25) is 0 Å². The summed E-state index contributed by atoms with van der Waals surface area (Å²) in [4.78, 5) is 22.6. The Kier molecular flexibility index (Phi) is 10.0. The molecule has 0 spiro atoms. The molecule has 0 saturated carbocycles. The minimum absolute atomic E-state index is 0.0348. The first-order valence-corrected chi connectivity index (χ1v) is 8.02. The first kappa shape index (κ1) is 19.8. The van der Waals surface area contributed by atoms with E-state index in [1.54, 1.807) is 13.8 Å². The van der Waals surface area contributed by atoms with Crippen molar-refractivity contribution in [3.05, 3.63) is 35.9 Å². The van der Waals surface area contributed by atoms with Gasteiger partial charge in [-0.2, -0.15) is 0 Å². The van der Waals surface area contributed by atoms with Crippen LogP contribution < -0.4 is 5.32 Å². The average Bonchev–Trinajstić information content (AvgIpc) is 2.58. The zero-order valence-electron chi connectivity index (χ0n) is 14.2. The van der Waals surface area contributed by atoms with E-state index in [4.69, 9.17) is 18.9 Å². The minimum atomic E-state index is -0.747. The Morgan fingerprint density at radius 3 is 1.96 bits per heavy atom. The van der Waals surface area contributed by atoms with Crippen molar-refractivity contribution in [2.75, 3.05) is 33.0 Å². The Morgan fingerprint density at radius 2 is 1.46 bits per heavy atom. The smallest absolute Gasteiger partial charge is 0.435 e. The maximum Gasteiger partial charge on any atom is 0.508 e. The molecule has 0 aromatic heterocycles. The molecule has 0 radical (unpaired) electrons. The molecule has 134 valence electrons. The number of rotatable bonds is 10. The summed E-state index contributed by atoms with van der Waals surface area (Å²) in [6.07, 6.45) is -0.692. The van der Waals surface area contributed by atoms with Gasteiger partial charge in [-0.3, -0.25) is 0 Å². The van der Waals surface area contributed by atoms with Crippen molar-refractivity contribution < 1.29 is 28.5 Å². The standard InChI is InChI=1S/C17H25NO6/c1-3-21-16(19)23-12-15(13-24-17(20)22-4-2)18-11-10-14-8-6-5-7-9-14/h5-9,15,18H,3-4,10-13H2,1-2H3. The molecule has 0 amide bonds. The molecule has 1 aromatic carbocycles. The molecule has 0 fully saturated rings. The summed E-state index contributed by atoms with van der Waals surface area (Å²) in [5, 5.41) is 3.20. The van der Waals surface area contributed by atoms with Crippen LogP contribution in [0.5, 0.6) is 0 Å². The summed E-state index contributed by atoms with van der Waals surface area (Å²) in [6.45, 7) is 4.59. The van der Waals surface area contributed by atoms with E-state index in [1.165, 1.54) is 5.56 Å². The van der Waals surface area contributed by atoms with Crippen molar-refractivity contribution in [2.45, 2.75) is 26.3 Å². The van der Waals surface area contributed by atoms with Gasteiger partial charge in [0.25, 0.3) is 0 Å². The predicted octanol–water partition coefficient (Wildman–Crippen LogP) is 2.53. The molecule has 7 heteroatoms. The lowest BCUT2D eigenvalue weighted by molar-refractivity contribution is 0.0285. The van der Waals surface area contributed by atoms with Gasteiger partial charge in [-0.15, -0.1) is 0 Å². The van der Waals surface area contributed by atoms with Crippen molar-refractivity contribution in [3.63, 3.8) is 0 Å². The van der Waals surface area contributed by atoms with Crippen LogP contribution in [0.3, 0.4) is 0 Å². The summed E-state index contributed by atoms with van der Waals surface area (Å²) < 4.78 is 19.4. The van der Waals surface area contributed by atoms with Crippen molar-refractivity contribution >= 4 is 12.3 Å². The number of carbonyl (C=O) groups excluding carboxylic acids is 2. The summed E-state index contributed by atoms with van der Waals surface area (Å²) in [5.41, 5.74) is 1.18. The summed E-state index contributed by atoms with van der Waals surface area (Å²) in [6, 6.07) is 9.62. The number of nitrogens with one attached hydrogen (secondary N) is 1. The third-order valence-corrected chi connectivity index (χ3v) is 3.02. The second-order valence-corrected chi connectivity index (χ2v) is 4.87. The number of benzene rings is 1. The van der Waals surface area contributed by atoms with E-state index in [0.717, 1.165) is 6.42 Å². The van der Waals surface area contributed by atoms with E-state index in [9.17, 15) is 9.59 Å². The highest BCUT2D eigenvalue weighted by Crippen LogP contribution is 2.00. The molecule has 0 atom stereocenters. The second kappa shape index (κ2) is 12.2. The molecule has 7 nitrogen and oxygen atoms in total. The normalized spacial score (nSPS) is 10.3.